The SMILES string of the molecule is CC/C(=N\NC(=O)Cc1ccc([N+](=O)[O-])cc1)c1ccc(C)cc1. The summed E-state index contributed by atoms with van der Waals surface area (Å²) in [6, 6.07) is 13.9. The Bertz CT molecular complexity index is 750. The van der Waals surface area contributed by atoms with Crippen LogP contribution in [0.25, 0.3) is 0 Å². The summed E-state index contributed by atoms with van der Waals surface area (Å²) in [6.45, 7) is 3.99. The van der Waals surface area contributed by atoms with E-state index in [2.05, 4.69) is 10.5 Å². The summed E-state index contributed by atoms with van der Waals surface area (Å²) in [6.07, 6.45) is 0.813. The Hall–Kier alpha value is -3.02. The quantitative estimate of drug-likeness (QED) is 0.502. The topological polar surface area (TPSA) is 84.6 Å². The lowest BCUT2D eigenvalue weighted by Crippen LogP contribution is -2.21. The van der Waals surface area contributed by atoms with Crippen molar-refractivity contribution in [1.82, 2.24) is 5.43 Å². The van der Waals surface area contributed by atoms with Gasteiger partial charge in [-0.3, -0.25) is 14.9 Å². The third-order valence-corrected chi connectivity index (χ3v) is 3.55. The molecular formula is C18H19N3O3. The van der Waals surface area contributed by atoms with Gasteiger partial charge in [0.1, 0.15) is 0 Å². The Labute approximate surface area is 140 Å². The number of nitrogens with one attached hydrogen (secondary N) is 1. The first-order valence-corrected chi connectivity index (χ1v) is 7.65. The Balaban J connectivity index is 2.00. The van der Waals surface area contributed by atoms with Gasteiger partial charge in [-0.1, -0.05) is 48.9 Å². The summed E-state index contributed by atoms with van der Waals surface area (Å²) < 4.78 is 0. The monoisotopic (exact) mass is 325 g/mol. The summed E-state index contributed by atoms with van der Waals surface area (Å²) in [7, 11) is 0. The number of hydrogen-bond donors (Lipinski definition) is 1. The molecule has 0 aliphatic rings. The van der Waals surface area contributed by atoms with E-state index in [1.807, 2.05) is 38.1 Å². The first-order chi connectivity index (χ1) is 11.5. The van der Waals surface area contributed by atoms with Crippen LogP contribution in [0.15, 0.2) is 53.6 Å². The number of aryl methyl sites for hydroxylation is 1. The molecule has 0 fully saturated rings. The smallest absolute Gasteiger partial charge is 0.269 e. The molecule has 124 valence electrons. The molecule has 1 amide bonds. The first kappa shape index (κ1) is 17.3. The third-order valence-electron chi connectivity index (χ3n) is 3.55. The molecule has 2 aromatic carbocycles. The fraction of sp³-hybridized carbons (Fsp3) is 0.222. The zero-order chi connectivity index (χ0) is 17.5. The summed E-state index contributed by atoms with van der Waals surface area (Å²) in [5, 5.41) is 14.8. The number of nitro groups is 1. The maximum atomic E-state index is 12.0. The van der Waals surface area contributed by atoms with Gasteiger partial charge in [-0.2, -0.15) is 5.10 Å². The van der Waals surface area contributed by atoms with Crippen molar-refractivity contribution in [3.8, 4) is 0 Å². The average molecular weight is 325 g/mol. The molecule has 0 radical (unpaired) electrons. The largest absolute Gasteiger partial charge is 0.273 e. The first-order valence-electron chi connectivity index (χ1n) is 7.65. The second kappa shape index (κ2) is 8.01. The molecule has 1 N–H and O–H groups in total. The Kier molecular flexibility index (Phi) is 5.78. The van der Waals surface area contributed by atoms with Crippen LogP contribution >= 0.6 is 0 Å². The number of carbonyl (C=O) groups excluding carboxylic acids is 1. The predicted octanol–water partition coefficient (Wildman–Crippen LogP) is 3.38. The summed E-state index contributed by atoms with van der Waals surface area (Å²) >= 11 is 0. The van der Waals surface area contributed by atoms with E-state index in [9.17, 15) is 14.9 Å². The van der Waals surface area contributed by atoms with Crippen molar-refractivity contribution in [1.29, 1.82) is 0 Å². The van der Waals surface area contributed by atoms with E-state index in [0.717, 1.165) is 16.8 Å². The van der Waals surface area contributed by atoms with Gasteiger partial charge >= 0.3 is 0 Å². The molecule has 0 heterocycles. The van der Waals surface area contributed by atoms with E-state index in [0.29, 0.717) is 12.0 Å². The minimum absolute atomic E-state index is 0.00446. The minimum atomic E-state index is -0.469. The molecule has 0 spiro atoms. The lowest BCUT2D eigenvalue weighted by Gasteiger charge is -2.06. The van der Waals surface area contributed by atoms with Crippen molar-refractivity contribution in [2.24, 2.45) is 5.10 Å². The number of benzene rings is 2. The standard InChI is InChI=1S/C18H19N3O3/c1-3-17(15-8-4-13(2)5-9-15)19-20-18(22)12-14-6-10-16(11-7-14)21(23)24/h4-11H,3,12H2,1-2H3,(H,20,22)/b19-17+. The number of rotatable bonds is 6. The highest BCUT2D eigenvalue weighted by Crippen LogP contribution is 2.12. The average Bonchev–Trinajstić information content (AvgIpc) is 2.57. The van der Waals surface area contributed by atoms with Crippen molar-refractivity contribution in [3.05, 3.63) is 75.3 Å². The molecule has 0 saturated carbocycles. The van der Waals surface area contributed by atoms with Gasteiger partial charge in [0.2, 0.25) is 5.91 Å². The Morgan fingerprint density at radius 2 is 1.75 bits per heavy atom. The van der Waals surface area contributed by atoms with Gasteiger partial charge in [0.25, 0.3) is 5.69 Å². The van der Waals surface area contributed by atoms with Crippen molar-refractivity contribution in [2.45, 2.75) is 26.7 Å². The highest BCUT2D eigenvalue weighted by Gasteiger charge is 2.08. The second-order valence-corrected chi connectivity index (χ2v) is 5.41. The lowest BCUT2D eigenvalue weighted by atomic mass is 10.1. The molecule has 2 aromatic rings. The van der Waals surface area contributed by atoms with Crippen LogP contribution in [0.4, 0.5) is 5.69 Å². The third kappa shape index (κ3) is 4.74. The van der Waals surface area contributed by atoms with E-state index >= 15 is 0 Å². The second-order valence-electron chi connectivity index (χ2n) is 5.41. The highest BCUT2D eigenvalue weighted by atomic mass is 16.6. The van der Waals surface area contributed by atoms with Crippen LogP contribution in [0.5, 0.6) is 0 Å². The number of amides is 1. The number of carbonyl (C=O) groups is 1. The maximum absolute atomic E-state index is 12.0. The number of hydrogen-bond acceptors (Lipinski definition) is 4. The zero-order valence-electron chi connectivity index (χ0n) is 13.7. The number of nitro benzene ring substituents is 1. The summed E-state index contributed by atoms with van der Waals surface area (Å²) in [5.74, 6) is -0.262. The van der Waals surface area contributed by atoms with Crippen molar-refractivity contribution >= 4 is 17.3 Å². The molecule has 0 bridgehead atoms. The van der Waals surface area contributed by atoms with Crippen molar-refractivity contribution in [3.63, 3.8) is 0 Å². The van der Waals surface area contributed by atoms with Crippen LogP contribution in [0.1, 0.15) is 30.0 Å². The normalized spacial score (nSPS) is 11.2. The van der Waals surface area contributed by atoms with Gasteiger partial charge in [0.15, 0.2) is 0 Å². The van der Waals surface area contributed by atoms with Crippen LogP contribution in [0, 0.1) is 17.0 Å². The molecule has 0 aliphatic carbocycles. The fourth-order valence-corrected chi connectivity index (χ4v) is 2.18. The van der Waals surface area contributed by atoms with Gasteiger partial charge in [-0.15, -0.1) is 0 Å². The van der Waals surface area contributed by atoms with Crippen LogP contribution in [-0.2, 0) is 11.2 Å². The van der Waals surface area contributed by atoms with Crippen LogP contribution in [0.3, 0.4) is 0 Å². The van der Waals surface area contributed by atoms with Crippen molar-refractivity contribution in [2.75, 3.05) is 0 Å². The van der Waals surface area contributed by atoms with E-state index in [-0.39, 0.29) is 18.0 Å². The zero-order valence-corrected chi connectivity index (χ0v) is 13.7. The molecule has 24 heavy (non-hydrogen) atoms. The van der Waals surface area contributed by atoms with Gasteiger partial charge < -0.3 is 0 Å². The lowest BCUT2D eigenvalue weighted by molar-refractivity contribution is -0.384. The van der Waals surface area contributed by atoms with E-state index < -0.39 is 4.92 Å². The maximum Gasteiger partial charge on any atom is 0.269 e. The minimum Gasteiger partial charge on any atom is -0.273 e. The molecule has 0 unspecified atom stereocenters. The van der Waals surface area contributed by atoms with Gasteiger partial charge in [-0.25, -0.2) is 5.43 Å². The Morgan fingerprint density at radius 1 is 1.12 bits per heavy atom. The molecule has 6 heteroatoms. The number of hydrazone groups is 1. The molecular weight excluding hydrogens is 306 g/mol. The Morgan fingerprint density at radius 3 is 2.29 bits per heavy atom. The molecule has 0 atom stereocenters. The molecule has 0 saturated heterocycles. The summed E-state index contributed by atoms with van der Waals surface area (Å²) in [5.41, 5.74) is 6.18. The number of non-ortho nitro benzene ring substituents is 1. The molecule has 0 aliphatic heterocycles. The predicted molar refractivity (Wildman–Crippen MR) is 93.0 cm³/mol. The van der Waals surface area contributed by atoms with Crippen LogP contribution in [-0.4, -0.2) is 16.5 Å². The van der Waals surface area contributed by atoms with E-state index in [1.54, 1.807) is 12.1 Å². The molecule has 2 rings (SSSR count). The van der Waals surface area contributed by atoms with Crippen LogP contribution in [0.2, 0.25) is 0 Å². The van der Waals surface area contributed by atoms with E-state index in [4.69, 9.17) is 0 Å². The molecule has 6 nitrogen and oxygen atoms in total. The van der Waals surface area contributed by atoms with Gasteiger partial charge in [0.05, 0.1) is 17.1 Å². The van der Waals surface area contributed by atoms with Crippen molar-refractivity contribution < 1.29 is 9.72 Å². The van der Waals surface area contributed by atoms with Gasteiger partial charge in [-0.05, 0) is 24.5 Å². The summed E-state index contributed by atoms with van der Waals surface area (Å²) in [4.78, 5) is 22.1. The van der Waals surface area contributed by atoms with Gasteiger partial charge in [0, 0.05) is 12.1 Å². The fourth-order valence-electron chi connectivity index (χ4n) is 2.18. The molecule has 0 aromatic heterocycles. The number of nitrogens with zero attached hydrogens (tertiary/aromatic N) is 2. The van der Waals surface area contributed by atoms with E-state index in [1.165, 1.54) is 12.1 Å². The van der Waals surface area contributed by atoms with Crippen LogP contribution < -0.4 is 5.43 Å². The highest BCUT2D eigenvalue weighted by molar-refractivity contribution is 6.00.